The van der Waals surface area contributed by atoms with E-state index in [-0.39, 0.29) is 18.0 Å². The van der Waals surface area contributed by atoms with Crippen LogP contribution in [0.3, 0.4) is 0 Å². The van der Waals surface area contributed by atoms with E-state index < -0.39 is 23.5 Å². The Balaban J connectivity index is 1.08. The molecular weight excluding hydrogens is 587 g/mol. The van der Waals surface area contributed by atoms with Crippen LogP contribution < -0.4 is 10.1 Å². The van der Waals surface area contributed by atoms with Crippen molar-refractivity contribution in [2.75, 3.05) is 38.5 Å². The van der Waals surface area contributed by atoms with Gasteiger partial charge in [-0.3, -0.25) is 14.5 Å². The number of halogens is 3. The molecule has 1 saturated carbocycles. The lowest BCUT2D eigenvalue weighted by Crippen LogP contribution is -2.58. The van der Waals surface area contributed by atoms with E-state index in [1.54, 1.807) is 25.4 Å². The second kappa shape index (κ2) is 12.4. The summed E-state index contributed by atoms with van der Waals surface area (Å²) in [6, 6.07) is 5.23. The van der Waals surface area contributed by atoms with Crippen molar-refractivity contribution in [3.63, 3.8) is 0 Å². The number of nitrogens with zero attached hydrogens (tertiary/aromatic N) is 8. The zero-order valence-corrected chi connectivity index (χ0v) is 25.0. The van der Waals surface area contributed by atoms with E-state index in [4.69, 9.17) is 4.74 Å². The van der Waals surface area contributed by atoms with Gasteiger partial charge in [0.25, 0.3) is 0 Å². The molecule has 0 spiro atoms. The first-order chi connectivity index (χ1) is 21.6. The maximum Gasteiger partial charge on any atom is 0.433 e. The van der Waals surface area contributed by atoms with Gasteiger partial charge >= 0.3 is 6.18 Å². The van der Waals surface area contributed by atoms with Crippen molar-refractivity contribution in [3.8, 4) is 23.2 Å². The molecule has 0 bridgehead atoms. The molecule has 0 aromatic carbocycles. The Morgan fingerprint density at radius 2 is 1.98 bits per heavy atom. The summed E-state index contributed by atoms with van der Waals surface area (Å²) in [5.74, 6) is 0.651. The highest BCUT2D eigenvalue weighted by atomic mass is 19.4. The maximum atomic E-state index is 13.6. The monoisotopic (exact) mass is 623 g/mol. The average molecular weight is 624 g/mol. The summed E-state index contributed by atoms with van der Waals surface area (Å²) in [6.07, 6.45) is 4.78. The summed E-state index contributed by atoms with van der Waals surface area (Å²) in [6.45, 7) is 6.54. The Hall–Kier alpha value is -4.06. The van der Waals surface area contributed by atoms with E-state index in [1.165, 1.54) is 6.33 Å². The van der Waals surface area contributed by atoms with E-state index in [9.17, 15) is 23.5 Å². The highest BCUT2D eigenvalue weighted by molar-refractivity contribution is 5.77. The van der Waals surface area contributed by atoms with E-state index >= 15 is 0 Å². The molecule has 2 saturated heterocycles. The lowest BCUT2D eigenvalue weighted by molar-refractivity contribution is -0.141. The smallest absolute Gasteiger partial charge is 0.433 e. The summed E-state index contributed by atoms with van der Waals surface area (Å²) in [7, 11) is 1.79. The van der Waals surface area contributed by atoms with Crippen molar-refractivity contribution in [2.24, 2.45) is 0 Å². The first-order valence-electron chi connectivity index (χ1n) is 15.1. The van der Waals surface area contributed by atoms with Crippen molar-refractivity contribution in [2.45, 2.75) is 68.6 Å². The lowest BCUT2D eigenvalue weighted by atomic mass is 9.69. The standard InChI is InChI=1S/C31H36F3N9O2/c1-3-25-28(37-19-38-29(25)36-2)21-14-39-43(16-21)30(6-7-35)12-22(13-30)42-8-4-24(5-9-42)45-27-11-20(15-41-17-23(44)18-41)10-26(40-27)31(32,33)34/h3,10-11,14,16,19,22-24,44H,1,4-6,8-9,12-13,15,17-18H2,2H3,(H,36,37,38)/t22-,30-. The summed E-state index contributed by atoms with van der Waals surface area (Å²) in [5.41, 5.74) is 1.37. The number of aliphatic hydroxyl groups is 1. The van der Waals surface area contributed by atoms with Gasteiger partial charge in [-0.05, 0) is 37.3 Å². The number of alkyl halides is 3. The van der Waals surface area contributed by atoms with Gasteiger partial charge in [-0.15, -0.1) is 0 Å². The highest BCUT2D eigenvalue weighted by Gasteiger charge is 2.49. The summed E-state index contributed by atoms with van der Waals surface area (Å²) in [5, 5.41) is 26.9. The van der Waals surface area contributed by atoms with Crippen molar-refractivity contribution in [1.29, 1.82) is 5.26 Å². The van der Waals surface area contributed by atoms with Crippen molar-refractivity contribution < 1.29 is 23.0 Å². The van der Waals surface area contributed by atoms with Crippen LogP contribution in [0.2, 0.25) is 0 Å². The number of likely N-dealkylation sites (tertiary alicyclic amines) is 2. The number of anilines is 1. The molecule has 3 aromatic rings. The normalized spacial score (nSPS) is 23.2. The molecule has 0 atom stereocenters. The summed E-state index contributed by atoms with van der Waals surface area (Å²) < 4.78 is 48.7. The second-order valence-corrected chi connectivity index (χ2v) is 12.1. The molecule has 0 unspecified atom stereocenters. The number of hydrogen-bond donors (Lipinski definition) is 2. The third kappa shape index (κ3) is 6.38. The molecule has 6 rings (SSSR count). The molecule has 45 heavy (non-hydrogen) atoms. The summed E-state index contributed by atoms with van der Waals surface area (Å²) in [4.78, 5) is 16.7. The van der Waals surface area contributed by atoms with Gasteiger partial charge in [-0.1, -0.05) is 12.7 Å². The van der Waals surface area contributed by atoms with Crippen LogP contribution in [0.1, 0.15) is 48.9 Å². The largest absolute Gasteiger partial charge is 0.474 e. The maximum absolute atomic E-state index is 13.6. The Morgan fingerprint density at radius 1 is 1.22 bits per heavy atom. The van der Waals surface area contributed by atoms with Gasteiger partial charge in [0.1, 0.15) is 23.9 Å². The van der Waals surface area contributed by atoms with Crippen LogP contribution in [0, 0.1) is 11.3 Å². The lowest BCUT2D eigenvalue weighted by Gasteiger charge is -2.52. The molecule has 2 N–H and O–H groups in total. The Kier molecular flexibility index (Phi) is 8.51. The highest BCUT2D eigenvalue weighted by Crippen LogP contribution is 2.46. The molecule has 3 aromatic heterocycles. The van der Waals surface area contributed by atoms with E-state index in [0.717, 1.165) is 43.1 Å². The van der Waals surface area contributed by atoms with Crippen LogP contribution in [-0.4, -0.2) is 91.1 Å². The fourth-order valence-electron chi connectivity index (χ4n) is 6.67. The molecule has 3 fully saturated rings. The first kappa shape index (κ1) is 30.9. The van der Waals surface area contributed by atoms with Crippen LogP contribution in [-0.2, 0) is 18.3 Å². The van der Waals surface area contributed by atoms with Gasteiger partial charge in [0.15, 0.2) is 0 Å². The van der Waals surface area contributed by atoms with E-state index in [1.807, 2.05) is 15.8 Å². The van der Waals surface area contributed by atoms with Gasteiger partial charge in [0.2, 0.25) is 5.88 Å². The first-order valence-corrected chi connectivity index (χ1v) is 15.1. The zero-order valence-electron chi connectivity index (χ0n) is 25.0. The van der Waals surface area contributed by atoms with Gasteiger partial charge in [-0.25, -0.2) is 15.0 Å². The van der Waals surface area contributed by atoms with Gasteiger partial charge in [0.05, 0.1) is 36.0 Å². The van der Waals surface area contributed by atoms with Crippen LogP contribution in [0.15, 0.2) is 37.4 Å². The van der Waals surface area contributed by atoms with Crippen molar-refractivity contribution in [1.82, 2.24) is 34.5 Å². The summed E-state index contributed by atoms with van der Waals surface area (Å²) >= 11 is 0. The van der Waals surface area contributed by atoms with Crippen LogP contribution in [0.25, 0.3) is 17.3 Å². The van der Waals surface area contributed by atoms with Crippen molar-refractivity contribution >= 4 is 11.9 Å². The number of piperidine rings is 1. The number of aromatic nitrogens is 5. The molecule has 1 aliphatic carbocycles. The number of β-amino-alcohol motifs (C(OH)–C–C–N with tert-alkyl or cyclic N) is 1. The molecule has 2 aliphatic heterocycles. The molecule has 238 valence electrons. The number of nitriles is 1. The molecule has 0 amide bonds. The van der Waals surface area contributed by atoms with Crippen LogP contribution in [0.4, 0.5) is 19.0 Å². The topological polar surface area (TPSA) is 128 Å². The minimum Gasteiger partial charge on any atom is -0.474 e. The number of hydrogen-bond acceptors (Lipinski definition) is 10. The third-order valence-electron chi connectivity index (χ3n) is 9.08. The predicted molar refractivity (Wildman–Crippen MR) is 160 cm³/mol. The third-order valence-corrected chi connectivity index (χ3v) is 9.08. The number of pyridine rings is 1. The fraction of sp³-hybridized carbons (Fsp3) is 0.516. The molecule has 3 aliphatic rings. The van der Waals surface area contributed by atoms with E-state index in [0.29, 0.717) is 56.0 Å². The molecule has 5 heterocycles. The molecular formula is C31H36F3N9O2. The molecule has 0 radical (unpaired) electrons. The Morgan fingerprint density at radius 3 is 2.62 bits per heavy atom. The second-order valence-electron chi connectivity index (χ2n) is 12.1. The quantitative estimate of drug-likeness (QED) is 0.343. The van der Waals surface area contributed by atoms with Crippen molar-refractivity contribution in [3.05, 3.63) is 54.3 Å². The Bertz CT molecular complexity index is 1570. The minimum absolute atomic E-state index is 0.0179. The van der Waals surface area contributed by atoms with E-state index in [2.05, 4.69) is 42.9 Å². The molecule has 14 heteroatoms. The number of ether oxygens (including phenoxy) is 1. The number of aliphatic hydroxyl groups excluding tert-OH is 1. The van der Waals surface area contributed by atoms with Crippen LogP contribution in [0.5, 0.6) is 5.88 Å². The number of rotatable bonds is 10. The average Bonchev–Trinajstić information content (AvgIpc) is 3.48. The van der Waals surface area contributed by atoms with Gasteiger partial charge in [-0.2, -0.15) is 23.5 Å². The minimum atomic E-state index is -4.58. The number of nitrogens with one attached hydrogen (secondary N) is 1. The fourth-order valence-corrected chi connectivity index (χ4v) is 6.67. The Labute approximate surface area is 259 Å². The van der Waals surface area contributed by atoms with Crippen LogP contribution >= 0.6 is 0 Å². The zero-order chi connectivity index (χ0) is 31.8. The SMILES string of the molecule is C=Cc1c(NC)ncnc1-c1cnn([C@]2(CC#N)C[C@@H](N3CCC(Oc4cc(CN5CC(O)C5)cc(C(F)(F)F)n4)CC3)C2)c1. The van der Waals surface area contributed by atoms with Gasteiger partial charge in [0, 0.05) is 69.2 Å². The molecule has 11 nitrogen and oxygen atoms in total. The van der Waals surface area contributed by atoms with Gasteiger partial charge < -0.3 is 15.2 Å². The predicted octanol–water partition coefficient (Wildman–Crippen LogP) is 3.93.